The van der Waals surface area contributed by atoms with Crippen molar-refractivity contribution in [1.82, 2.24) is 41.3 Å². The highest BCUT2D eigenvalue weighted by atomic mass is 35.5. The zero-order chi connectivity index (χ0) is 57.1. The van der Waals surface area contributed by atoms with E-state index in [0.717, 1.165) is 11.0 Å². The number of phenolic OH excluding ortho intramolecular Hbond substituents is 2. The molecule has 78 heavy (non-hydrogen) atoms. The maximum Gasteiger partial charge on any atom is 0.407 e. The van der Waals surface area contributed by atoms with E-state index in [2.05, 4.69) is 31.9 Å². The maximum atomic E-state index is 13.0. The van der Waals surface area contributed by atoms with Gasteiger partial charge in [-0.25, -0.2) is 9.59 Å². The van der Waals surface area contributed by atoms with E-state index in [9.17, 15) is 63.9 Å². The van der Waals surface area contributed by atoms with E-state index in [0.29, 0.717) is 29.1 Å². The highest BCUT2D eigenvalue weighted by Crippen LogP contribution is 2.27. The van der Waals surface area contributed by atoms with E-state index in [1.807, 2.05) is 0 Å². The first-order valence-corrected chi connectivity index (χ1v) is 25.1. The van der Waals surface area contributed by atoms with Crippen LogP contribution in [0.5, 0.6) is 17.2 Å². The van der Waals surface area contributed by atoms with Crippen molar-refractivity contribution in [2.75, 3.05) is 104 Å². The van der Waals surface area contributed by atoms with Gasteiger partial charge in [0.2, 0.25) is 0 Å². The molecule has 4 aromatic rings. The number of amides is 6. The number of hydrogen-bond donors (Lipinski definition) is 12. The predicted molar refractivity (Wildman–Crippen MR) is 285 cm³/mol. The standard InChI is InChI=1S/C51H63Cl2N9O16/c1-2-60(30-44(67)68)13-14-61(51(75)76)15-16-62(31-45(69)70)37(28-54-29-43(65)66)20-32-6-8-36(9-7-32)59-50(74)57-12-17-77-18-19-78-40-5-3-4-33(21-40)27-58-48(72)35-24-41(52)46(42(53)25-35)49(73)56-11-10-55-47(71)34-22-38(63)26-39(64)23-34/h3-9,21-26,37,54,63-64H,2,10-20,27-31H2,1H3,(H,55,71)(H,56,73)(H,58,72)(H,65,66)(H,67,68)(H,69,70)(H,75,76)(H2,57,59,74). The van der Waals surface area contributed by atoms with E-state index >= 15 is 0 Å². The molecule has 6 amide bonds. The second-order valence-corrected chi connectivity index (χ2v) is 18.0. The second kappa shape index (κ2) is 32.6. The number of aromatic hydroxyl groups is 2. The molecule has 0 spiro atoms. The number of urea groups is 1. The molecule has 0 saturated heterocycles. The van der Waals surface area contributed by atoms with Crippen molar-refractivity contribution in [3.8, 4) is 17.2 Å². The van der Waals surface area contributed by atoms with Crippen molar-refractivity contribution in [3.05, 3.63) is 117 Å². The molecule has 0 radical (unpaired) electrons. The Hall–Kier alpha value is -7.94. The quantitative estimate of drug-likeness (QED) is 0.0299. The van der Waals surface area contributed by atoms with E-state index < -0.39 is 66.9 Å². The summed E-state index contributed by atoms with van der Waals surface area (Å²) in [6.07, 6.45) is -1.04. The minimum atomic E-state index is -1.27. The molecule has 0 aliphatic heterocycles. The maximum absolute atomic E-state index is 13.0. The number of carbonyl (C=O) groups excluding carboxylic acids is 4. The van der Waals surface area contributed by atoms with Gasteiger partial charge in [0.25, 0.3) is 17.7 Å². The Morgan fingerprint density at radius 2 is 1.26 bits per heavy atom. The summed E-state index contributed by atoms with van der Waals surface area (Å²) in [7, 11) is 0. The van der Waals surface area contributed by atoms with E-state index in [-0.39, 0.29) is 130 Å². The summed E-state index contributed by atoms with van der Waals surface area (Å²) in [6, 6.07) is 18.6. The molecular weight excluding hydrogens is 1070 g/mol. The zero-order valence-electron chi connectivity index (χ0n) is 42.5. The SMILES string of the molecule is CCN(CCN(CCN(CC(=O)O)C(CNCC(=O)O)Cc1ccc(NC(=O)NCCOCCOc2cccc(CNC(=O)c3cc(Cl)c(C(=O)NCCNC(=O)c4cc(O)cc(O)c4)c(Cl)c3)c2)cc1)C(=O)O)CC(=O)O. The minimum absolute atomic E-state index is 0.00191. The fourth-order valence-electron chi connectivity index (χ4n) is 7.54. The van der Waals surface area contributed by atoms with Crippen LogP contribution in [0.4, 0.5) is 15.3 Å². The number of nitrogens with one attached hydrogen (secondary N) is 6. The van der Waals surface area contributed by atoms with E-state index in [1.54, 1.807) is 60.4 Å². The summed E-state index contributed by atoms with van der Waals surface area (Å²) < 4.78 is 11.4. The number of hydrogen-bond acceptors (Lipinski definition) is 15. The first-order chi connectivity index (χ1) is 37.2. The predicted octanol–water partition coefficient (Wildman–Crippen LogP) is 3.07. The van der Waals surface area contributed by atoms with Crippen molar-refractivity contribution in [2.45, 2.75) is 25.9 Å². The number of ether oxygens (including phenoxy) is 2. The van der Waals surface area contributed by atoms with Gasteiger partial charge >= 0.3 is 30.0 Å². The van der Waals surface area contributed by atoms with E-state index in [1.165, 1.54) is 29.2 Å². The Labute approximate surface area is 458 Å². The van der Waals surface area contributed by atoms with Crippen LogP contribution in [0.15, 0.2) is 78.9 Å². The number of likely N-dealkylation sites (N-methyl/N-ethyl adjacent to an activating group) is 1. The highest BCUT2D eigenvalue weighted by Gasteiger charge is 2.25. The molecule has 0 aliphatic carbocycles. The van der Waals surface area contributed by atoms with E-state index in [4.69, 9.17) is 37.8 Å². The first-order valence-electron chi connectivity index (χ1n) is 24.3. The average molecular weight is 1130 g/mol. The molecular formula is C51H63Cl2N9O16. The molecule has 4 rings (SSSR count). The smallest absolute Gasteiger partial charge is 0.407 e. The fourth-order valence-corrected chi connectivity index (χ4v) is 8.20. The van der Waals surface area contributed by atoms with Gasteiger partial charge in [-0.15, -0.1) is 0 Å². The Balaban J connectivity index is 1.17. The van der Waals surface area contributed by atoms with Crippen LogP contribution in [0.25, 0.3) is 0 Å². The fraction of sp³-hybridized carbons (Fsp3) is 0.373. The molecule has 0 aromatic heterocycles. The lowest BCUT2D eigenvalue weighted by Gasteiger charge is -2.33. The van der Waals surface area contributed by atoms with Gasteiger partial charge in [0.15, 0.2) is 0 Å². The molecule has 422 valence electrons. The van der Waals surface area contributed by atoms with Crippen LogP contribution in [0.3, 0.4) is 0 Å². The van der Waals surface area contributed by atoms with Crippen molar-refractivity contribution in [3.63, 3.8) is 0 Å². The van der Waals surface area contributed by atoms with Gasteiger partial charge in [-0.05, 0) is 72.6 Å². The Morgan fingerprint density at radius 3 is 1.88 bits per heavy atom. The van der Waals surface area contributed by atoms with Gasteiger partial charge in [0.05, 0.1) is 48.5 Å². The van der Waals surface area contributed by atoms with Crippen molar-refractivity contribution >= 4 is 76.6 Å². The molecule has 27 heteroatoms. The topological polar surface area (TPSA) is 358 Å². The number of carboxylic acid groups (broad SMARTS) is 4. The van der Waals surface area contributed by atoms with Gasteiger partial charge in [-0.2, -0.15) is 0 Å². The summed E-state index contributed by atoms with van der Waals surface area (Å²) >= 11 is 12.7. The summed E-state index contributed by atoms with van der Waals surface area (Å²) in [4.78, 5) is 102. The molecule has 1 unspecified atom stereocenters. The Bertz CT molecular complexity index is 2660. The summed E-state index contributed by atoms with van der Waals surface area (Å²) in [5.74, 6) is -5.20. The molecule has 0 bridgehead atoms. The van der Waals surface area contributed by atoms with Crippen LogP contribution in [0.1, 0.15) is 49.1 Å². The molecule has 1 atom stereocenters. The lowest BCUT2D eigenvalue weighted by Crippen LogP contribution is -2.50. The number of phenols is 2. The van der Waals surface area contributed by atoms with Gasteiger partial charge < -0.3 is 76.9 Å². The third-order valence-electron chi connectivity index (χ3n) is 11.4. The minimum Gasteiger partial charge on any atom is -0.508 e. The van der Waals surface area contributed by atoms with Crippen LogP contribution in [-0.4, -0.2) is 197 Å². The van der Waals surface area contributed by atoms with Crippen LogP contribution >= 0.6 is 23.2 Å². The largest absolute Gasteiger partial charge is 0.508 e. The van der Waals surface area contributed by atoms with Crippen LogP contribution in [0, 0.1) is 0 Å². The third kappa shape index (κ3) is 22.7. The number of carbonyl (C=O) groups is 8. The number of benzene rings is 4. The van der Waals surface area contributed by atoms with Crippen LogP contribution in [-0.2, 0) is 32.1 Å². The zero-order valence-corrected chi connectivity index (χ0v) is 44.0. The molecule has 25 nitrogen and oxygen atoms in total. The number of halogens is 2. The monoisotopic (exact) mass is 1130 g/mol. The summed E-state index contributed by atoms with van der Waals surface area (Å²) in [5, 5.41) is 73.1. The molecule has 0 aliphatic rings. The second-order valence-electron chi connectivity index (χ2n) is 17.2. The van der Waals surface area contributed by atoms with Gasteiger partial charge in [0, 0.05) is 87.8 Å². The van der Waals surface area contributed by atoms with Crippen molar-refractivity contribution in [1.29, 1.82) is 0 Å². The Kier molecular flexibility index (Phi) is 26.2. The van der Waals surface area contributed by atoms with Gasteiger partial charge in [0.1, 0.15) is 23.9 Å². The van der Waals surface area contributed by atoms with Gasteiger partial charge in [-0.3, -0.25) is 38.6 Å². The molecule has 0 heterocycles. The molecule has 0 fully saturated rings. The Morgan fingerprint density at radius 1 is 0.628 bits per heavy atom. The average Bonchev–Trinajstić information content (AvgIpc) is 3.38. The van der Waals surface area contributed by atoms with Crippen LogP contribution in [0.2, 0.25) is 10.0 Å². The van der Waals surface area contributed by atoms with Crippen LogP contribution < -0.4 is 36.6 Å². The third-order valence-corrected chi connectivity index (χ3v) is 12.0. The number of anilines is 1. The lowest BCUT2D eigenvalue weighted by molar-refractivity contribution is -0.139. The first kappa shape index (κ1) is 62.6. The number of nitrogens with zero attached hydrogens (tertiary/aromatic N) is 3. The van der Waals surface area contributed by atoms with Crippen molar-refractivity contribution < 1.29 is 78.5 Å². The number of carboxylic acids is 3. The molecule has 0 saturated carbocycles. The lowest BCUT2D eigenvalue weighted by atomic mass is 10.0. The number of rotatable bonds is 34. The summed E-state index contributed by atoms with van der Waals surface area (Å²) in [5.41, 5.74) is 1.91. The number of aliphatic carboxylic acids is 3. The normalized spacial score (nSPS) is 11.3. The van der Waals surface area contributed by atoms with Gasteiger partial charge in [-0.1, -0.05) is 54.4 Å². The molecule has 12 N–H and O–H groups in total. The highest BCUT2D eigenvalue weighted by molar-refractivity contribution is 6.40. The van der Waals surface area contributed by atoms with Crippen molar-refractivity contribution in [2.24, 2.45) is 0 Å². The summed E-state index contributed by atoms with van der Waals surface area (Å²) in [6.45, 7) is 1.78. The molecule has 4 aromatic carbocycles.